The van der Waals surface area contributed by atoms with Gasteiger partial charge >= 0.3 is 6.18 Å². The Morgan fingerprint density at radius 3 is 2.33 bits per heavy atom. The summed E-state index contributed by atoms with van der Waals surface area (Å²) in [6.45, 7) is 4.63. The van der Waals surface area contributed by atoms with Gasteiger partial charge in [0.25, 0.3) is 0 Å². The van der Waals surface area contributed by atoms with Crippen molar-refractivity contribution in [1.29, 1.82) is 21.2 Å². The van der Waals surface area contributed by atoms with Gasteiger partial charge in [-0.2, -0.15) is 29.0 Å². The fraction of sp³-hybridized carbons (Fsp3) is 0.455. The van der Waals surface area contributed by atoms with Crippen LogP contribution in [0.2, 0.25) is 0 Å². The first-order chi connectivity index (χ1) is 14.1. The number of fused-ring (bicyclic) bond motifs is 1. The van der Waals surface area contributed by atoms with Crippen LogP contribution in [0.25, 0.3) is 0 Å². The molecule has 1 N–H and O–H groups in total. The van der Waals surface area contributed by atoms with E-state index >= 15 is 0 Å². The molecule has 1 aliphatic carbocycles. The second-order valence-corrected chi connectivity index (χ2v) is 7.92. The van der Waals surface area contributed by atoms with Crippen molar-refractivity contribution in [2.24, 2.45) is 17.3 Å². The monoisotopic (exact) mass is 411 g/mol. The summed E-state index contributed by atoms with van der Waals surface area (Å²) in [4.78, 5) is 2.03. The molecule has 1 fully saturated rings. The van der Waals surface area contributed by atoms with Gasteiger partial charge in [-0.1, -0.05) is 24.3 Å². The van der Waals surface area contributed by atoms with E-state index in [0.29, 0.717) is 18.7 Å². The van der Waals surface area contributed by atoms with Gasteiger partial charge in [-0.25, -0.2) is 0 Å². The summed E-state index contributed by atoms with van der Waals surface area (Å²) in [6.07, 6.45) is -2.94. The minimum atomic E-state index is -4.63. The van der Waals surface area contributed by atoms with Crippen molar-refractivity contribution in [1.82, 2.24) is 4.90 Å². The van der Waals surface area contributed by atoms with Crippen LogP contribution in [0.3, 0.4) is 0 Å². The van der Waals surface area contributed by atoms with Gasteiger partial charge in [0.05, 0.1) is 35.4 Å². The Labute approximate surface area is 173 Å². The quantitative estimate of drug-likeness (QED) is 0.735. The first-order valence-corrected chi connectivity index (χ1v) is 9.54. The maximum Gasteiger partial charge on any atom is 0.416 e. The number of nitrogens with zero attached hydrogens (tertiary/aromatic N) is 4. The molecule has 5 nitrogen and oxygen atoms in total. The number of hydrogen-bond acceptors (Lipinski definition) is 5. The van der Waals surface area contributed by atoms with Crippen molar-refractivity contribution >= 4 is 5.71 Å². The molecule has 0 amide bonds. The van der Waals surface area contributed by atoms with E-state index in [9.17, 15) is 29.0 Å². The predicted molar refractivity (Wildman–Crippen MR) is 103 cm³/mol. The van der Waals surface area contributed by atoms with Crippen molar-refractivity contribution in [3.63, 3.8) is 0 Å². The Balaban J connectivity index is 2.29. The molecule has 3 rings (SSSR count). The molecule has 154 valence electrons. The normalized spacial score (nSPS) is 26.2. The topological polar surface area (TPSA) is 98.5 Å². The highest BCUT2D eigenvalue weighted by molar-refractivity contribution is 6.01. The Morgan fingerprint density at radius 2 is 1.80 bits per heavy atom. The van der Waals surface area contributed by atoms with Gasteiger partial charge < -0.3 is 5.41 Å². The van der Waals surface area contributed by atoms with E-state index in [0.717, 1.165) is 6.07 Å². The standard InChI is InChI=1S/C22H20F3N5/c1-13(2)30-8-7-17-16(10-30)19(14-5-3-4-6-18(14)22(23,24)25)15(9-26)20(29)21(17,11-27)12-28/h3-7,13,15-16,19,29H,8,10H2,1-2H3/t15-,16-,19+/m0/s1. The first kappa shape index (κ1) is 21.6. The van der Waals surface area contributed by atoms with E-state index in [1.54, 1.807) is 6.08 Å². The molecule has 0 aromatic heterocycles. The number of alkyl halides is 3. The first-order valence-electron chi connectivity index (χ1n) is 9.54. The van der Waals surface area contributed by atoms with E-state index in [4.69, 9.17) is 5.41 Å². The molecule has 8 heteroatoms. The lowest BCUT2D eigenvalue weighted by atomic mass is 9.55. The molecule has 30 heavy (non-hydrogen) atoms. The Morgan fingerprint density at radius 1 is 1.17 bits per heavy atom. The molecule has 1 aromatic carbocycles. The zero-order valence-corrected chi connectivity index (χ0v) is 16.5. The third-order valence-electron chi connectivity index (χ3n) is 6.15. The molecule has 1 saturated carbocycles. The van der Waals surface area contributed by atoms with Crippen LogP contribution in [-0.4, -0.2) is 29.7 Å². The van der Waals surface area contributed by atoms with Crippen molar-refractivity contribution in [3.8, 4) is 18.2 Å². The lowest BCUT2D eigenvalue weighted by Gasteiger charge is -2.48. The highest BCUT2D eigenvalue weighted by Crippen LogP contribution is 2.54. The SMILES string of the molecule is CC(C)N1CC=C2[C@H](C1)[C@H](c1ccccc1C(F)(F)F)[C@H](C#N)C(=N)C2(C#N)C#N. The molecule has 1 heterocycles. The maximum absolute atomic E-state index is 13.8. The van der Waals surface area contributed by atoms with Gasteiger partial charge in [-0.3, -0.25) is 4.90 Å². The van der Waals surface area contributed by atoms with Gasteiger partial charge in [0.15, 0.2) is 0 Å². The van der Waals surface area contributed by atoms with Gasteiger partial charge in [-0.15, -0.1) is 0 Å². The van der Waals surface area contributed by atoms with Gasteiger partial charge in [0, 0.05) is 31.0 Å². The zero-order chi connectivity index (χ0) is 22.3. The van der Waals surface area contributed by atoms with E-state index in [1.807, 2.05) is 37.0 Å². The average molecular weight is 411 g/mol. The summed E-state index contributed by atoms with van der Waals surface area (Å²) in [5, 5.41) is 38.0. The second-order valence-electron chi connectivity index (χ2n) is 7.92. The molecular weight excluding hydrogens is 391 g/mol. The minimum Gasteiger partial charge on any atom is -0.305 e. The van der Waals surface area contributed by atoms with Crippen LogP contribution in [0.1, 0.15) is 30.9 Å². The number of nitriles is 3. The minimum absolute atomic E-state index is 0.0766. The summed E-state index contributed by atoms with van der Waals surface area (Å²) in [5.41, 5.74) is -2.98. The third kappa shape index (κ3) is 3.16. The predicted octanol–water partition coefficient (Wildman–Crippen LogP) is 4.26. The molecule has 0 bridgehead atoms. The highest BCUT2D eigenvalue weighted by Gasteiger charge is 2.57. The van der Waals surface area contributed by atoms with E-state index < -0.39 is 40.6 Å². The fourth-order valence-electron chi connectivity index (χ4n) is 4.61. The van der Waals surface area contributed by atoms with Crippen LogP contribution in [0, 0.1) is 56.7 Å². The average Bonchev–Trinajstić information content (AvgIpc) is 2.72. The van der Waals surface area contributed by atoms with Crippen molar-refractivity contribution in [2.75, 3.05) is 13.1 Å². The fourth-order valence-corrected chi connectivity index (χ4v) is 4.61. The summed E-state index contributed by atoms with van der Waals surface area (Å²) in [6, 6.07) is 10.9. The van der Waals surface area contributed by atoms with Crippen LogP contribution in [0.15, 0.2) is 35.9 Å². The number of hydrogen-bond donors (Lipinski definition) is 1. The summed E-state index contributed by atoms with van der Waals surface area (Å²) in [7, 11) is 0. The molecule has 0 spiro atoms. The Hall–Kier alpha value is -3.15. The number of benzene rings is 1. The Bertz CT molecular complexity index is 1000. The summed E-state index contributed by atoms with van der Waals surface area (Å²) < 4.78 is 41.3. The highest BCUT2D eigenvalue weighted by atomic mass is 19.4. The molecule has 0 unspecified atom stereocenters. The van der Waals surface area contributed by atoms with Gasteiger partial charge in [-0.05, 0) is 31.1 Å². The smallest absolute Gasteiger partial charge is 0.305 e. The molecule has 3 atom stereocenters. The second kappa shape index (κ2) is 7.59. The molecule has 0 saturated heterocycles. The third-order valence-corrected chi connectivity index (χ3v) is 6.15. The van der Waals surface area contributed by atoms with Crippen LogP contribution in [-0.2, 0) is 6.18 Å². The molecule has 1 aliphatic heterocycles. The Kier molecular flexibility index (Phi) is 5.46. The van der Waals surface area contributed by atoms with E-state index in [2.05, 4.69) is 0 Å². The van der Waals surface area contributed by atoms with Gasteiger partial charge in [0.1, 0.15) is 0 Å². The summed E-state index contributed by atoms with van der Waals surface area (Å²) >= 11 is 0. The van der Waals surface area contributed by atoms with E-state index in [-0.39, 0.29) is 11.6 Å². The van der Waals surface area contributed by atoms with Crippen LogP contribution in [0.4, 0.5) is 13.2 Å². The molecular formula is C22H20F3N5. The van der Waals surface area contributed by atoms with Gasteiger partial charge in [0.2, 0.25) is 5.41 Å². The lowest BCUT2D eigenvalue weighted by molar-refractivity contribution is -0.138. The van der Waals surface area contributed by atoms with Crippen molar-refractivity contribution in [2.45, 2.75) is 32.0 Å². The van der Waals surface area contributed by atoms with Crippen LogP contribution >= 0.6 is 0 Å². The lowest BCUT2D eigenvalue weighted by Crippen LogP contribution is -2.53. The molecule has 2 aliphatic rings. The summed E-state index contributed by atoms with van der Waals surface area (Å²) in [5.74, 6) is -2.97. The van der Waals surface area contributed by atoms with Crippen LogP contribution in [0.5, 0.6) is 0 Å². The number of halogens is 3. The molecule has 1 aromatic rings. The van der Waals surface area contributed by atoms with E-state index in [1.165, 1.54) is 18.2 Å². The van der Waals surface area contributed by atoms with Crippen molar-refractivity contribution < 1.29 is 13.2 Å². The number of nitrogens with one attached hydrogen (secondary N) is 1. The zero-order valence-electron chi connectivity index (χ0n) is 16.5. The maximum atomic E-state index is 13.8. The largest absolute Gasteiger partial charge is 0.416 e. The molecule has 0 radical (unpaired) electrons. The number of rotatable bonds is 2. The van der Waals surface area contributed by atoms with Crippen LogP contribution < -0.4 is 0 Å². The van der Waals surface area contributed by atoms with Crippen molar-refractivity contribution in [3.05, 3.63) is 47.0 Å².